The highest BCUT2D eigenvalue weighted by Gasteiger charge is 2.35. The molecule has 31 heavy (non-hydrogen) atoms. The van der Waals surface area contributed by atoms with Crippen LogP contribution in [0.5, 0.6) is 11.5 Å². The Hall–Kier alpha value is -2.29. The molecule has 0 aliphatic carbocycles. The molecule has 1 aliphatic rings. The fraction of sp³-hybridized carbons (Fsp3) is 0.130. The van der Waals surface area contributed by atoms with Crippen molar-refractivity contribution >= 4 is 71.6 Å². The summed E-state index contributed by atoms with van der Waals surface area (Å²) in [5.41, 5.74) is 1.53. The van der Waals surface area contributed by atoms with Gasteiger partial charge in [-0.05, 0) is 84.6 Å². The number of amides is 2. The summed E-state index contributed by atoms with van der Waals surface area (Å²) in [6.45, 7) is 2.39. The van der Waals surface area contributed by atoms with Gasteiger partial charge < -0.3 is 9.84 Å². The zero-order valence-electron chi connectivity index (χ0n) is 16.4. The van der Waals surface area contributed by atoms with Gasteiger partial charge in [0.15, 0.2) is 11.5 Å². The fourth-order valence-corrected chi connectivity index (χ4v) is 5.03. The molecule has 8 heteroatoms. The normalized spacial score (nSPS) is 15.3. The first-order valence-electron chi connectivity index (χ1n) is 9.46. The lowest BCUT2D eigenvalue weighted by atomic mass is 10.0. The number of benzene rings is 3. The van der Waals surface area contributed by atoms with Crippen LogP contribution in [0.15, 0.2) is 62.4 Å². The van der Waals surface area contributed by atoms with Crippen molar-refractivity contribution in [3.63, 3.8) is 0 Å². The lowest BCUT2D eigenvalue weighted by molar-refractivity contribution is -0.123. The summed E-state index contributed by atoms with van der Waals surface area (Å²) in [6, 6.07) is 15.4. The average Bonchev–Trinajstić information content (AvgIpc) is 3.03. The summed E-state index contributed by atoms with van der Waals surface area (Å²) in [5, 5.41) is 12.0. The molecule has 158 valence electrons. The van der Waals surface area contributed by atoms with Gasteiger partial charge in [-0.1, -0.05) is 42.5 Å². The maximum absolute atomic E-state index is 13.0. The van der Waals surface area contributed by atoms with Gasteiger partial charge in [0.25, 0.3) is 11.1 Å². The molecule has 0 atom stereocenters. The number of rotatable bonds is 5. The van der Waals surface area contributed by atoms with Crippen molar-refractivity contribution in [3.8, 4) is 11.5 Å². The Balaban J connectivity index is 1.67. The Morgan fingerprint density at radius 1 is 1.10 bits per heavy atom. The average molecular weight is 563 g/mol. The van der Waals surface area contributed by atoms with Crippen molar-refractivity contribution in [1.82, 2.24) is 4.90 Å². The van der Waals surface area contributed by atoms with Crippen LogP contribution in [0.2, 0.25) is 0 Å². The first-order chi connectivity index (χ1) is 14.9. The molecule has 0 spiro atoms. The largest absolute Gasteiger partial charge is 0.503 e. The molecule has 4 rings (SSSR count). The third-order valence-corrected chi connectivity index (χ3v) is 7.91. The van der Waals surface area contributed by atoms with E-state index < -0.39 is 0 Å². The Bertz CT molecular complexity index is 1240. The van der Waals surface area contributed by atoms with Crippen molar-refractivity contribution in [2.24, 2.45) is 0 Å². The van der Waals surface area contributed by atoms with Crippen molar-refractivity contribution in [1.29, 1.82) is 0 Å². The lowest BCUT2D eigenvalue weighted by Gasteiger charge is -2.14. The van der Waals surface area contributed by atoms with E-state index in [0.29, 0.717) is 31.8 Å². The monoisotopic (exact) mass is 561 g/mol. The summed E-state index contributed by atoms with van der Waals surface area (Å²) in [4.78, 5) is 27.3. The Morgan fingerprint density at radius 2 is 1.84 bits per heavy atom. The number of nitrogens with zero attached hydrogens (tertiary/aromatic N) is 1. The van der Waals surface area contributed by atoms with Gasteiger partial charge in [-0.2, -0.15) is 0 Å². The molecule has 0 bridgehead atoms. The Morgan fingerprint density at radius 3 is 2.61 bits per heavy atom. The number of carbonyl (C=O) groups is 2. The summed E-state index contributed by atoms with van der Waals surface area (Å²) in [7, 11) is 0. The van der Waals surface area contributed by atoms with Gasteiger partial charge in [0.1, 0.15) is 0 Å². The molecular formula is C23H17Br2NO4S. The minimum Gasteiger partial charge on any atom is -0.503 e. The number of aromatic hydroxyl groups is 1. The number of carbonyl (C=O) groups excluding carboxylic acids is 2. The summed E-state index contributed by atoms with van der Waals surface area (Å²) in [5.74, 6) is -0.0919. The number of fused-ring (bicyclic) bond motifs is 1. The van der Waals surface area contributed by atoms with Gasteiger partial charge in [0.2, 0.25) is 0 Å². The van der Waals surface area contributed by atoms with Crippen LogP contribution >= 0.6 is 43.6 Å². The van der Waals surface area contributed by atoms with E-state index in [1.165, 1.54) is 4.90 Å². The number of imide groups is 1. The van der Waals surface area contributed by atoms with Crippen molar-refractivity contribution in [3.05, 3.63) is 73.5 Å². The molecule has 3 aromatic rings. The van der Waals surface area contributed by atoms with E-state index in [1.54, 1.807) is 12.1 Å². The molecule has 1 heterocycles. The Kier molecular flexibility index (Phi) is 6.41. The minimum absolute atomic E-state index is 0.0325. The number of phenols is 1. The molecular weight excluding hydrogens is 546 g/mol. The maximum atomic E-state index is 13.0. The SMILES string of the molecule is CCOc1cc(/C=C2\SC(=O)N(Cc3cccc4ccccc34)C2=O)c(Br)c(Br)c1O. The summed E-state index contributed by atoms with van der Waals surface area (Å²) in [6.07, 6.45) is 1.63. The molecule has 5 nitrogen and oxygen atoms in total. The fourth-order valence-electron chi connectivity index (χ4n) is 3.36. The predicted molar refractivity (Wildman–Crippen MR) is 130 cm³/mol. The molecule has 0 saturated carbocycles. The molecule has 1 aliphatic heterocycles. The summed E-state index contributed by atoms with van der Waals surface area (Å²) < 4.78 is 6.45. The van der Waals surface area contributed by atoms with Crippen LogP contribution in [0.1, 0.15) is 18.1 Å². The standard InChI is InChI=1S/C23H17Br2NO4S/c1-2-30-17-10-15(19(24)20(25)21(17)27)11-18-22(28)26(23(29)31-18)12-14-8-5-7-13-6-3-4-9-16(13)14/h3-11,27H,2,12H2,1H3/b18-11-. The van der Waals surface area contributed by atoms with E-state index in [1.807, 2.05) is 49.4 Å². The minimum atomic E-state index is -0.350. The molecule has 3 aromatic carbocycles. The highest BCUT2D eigenvalue weighted by Crippen LogP contribution is 2.44. The second kappa shape index (κ2) is 9.06. The Labute approximate surface area is 200 Å². The molecule has 0 aromatic heterocycles. The highest BCUT2D eigenvalue weighted by molar-refractivity contribution is 9.13. The first kappa shape index (κ1) is 21.9. The smallest absolute Gasteiger partial charge is 0.293 e. The quantitative estimate of drug-likeness (QED) is 0.350. The van der Waals surface area contributed by atoms with Crippen molar-refractivity contribution in [2.45, 2.75) is 13.5 Å². The van der Waals surface area contributed by atoms with E-state index >= 15 is 0 Å². The van der Waals surface area contributed by atoms with Crippen LogP contribution < -0.4 is 4.74 Å². The predicted octanol–water partition coefficient (Wildman–Crippen LogP) is 6.71. The van der Waals surface area contributed by atoms with Crippen molar-refractivity contribution < 1.29 is 19.4 Å². The number of hydrogen-bond acceptors (Lipinski definition) is 5. The molecule has 0 radical (unpaired) electrons. The highest BCUT2D eigenvalue weighted by atomic mass is 79.9. The topological polar surface area (TPSA) is 66.8 Å². The zero-order valence-corrected chi connectivity index (χ0v) is 20.4. The van der Waals surface area contributed by atoms with E-state index in [2.05, 4.69) is 31.9 Å². The van der Waals surface area contributed by atoms with Crippen molar-refractivity contribution in [2.75, 3.05) is 6.61 Å². The van der Waals surface area contributed by atoms with E-state index in [4.69, 9.17) is 4.74 Å². The zero-order chi connectivity index (χ0) is 22.1. The van der Waals surface area contributed by atoms with Crippen LogP contribution in [0, 0.1) is 0 Å². The molecule has 1 saturated heterocycles. The summed E-state index contributed by atoms with van der Waals surface area (Å²) >= 11 is 7.66. The second-order valence-corrected chi connectivity index (χ2v) is 9.36. The van der Waals surface area contributed by atoms with E-state index in [0.717, 1.165) is 28.1 Å². The third kappa shape index (κ3) is 4.24. The number of hydrogen-bond donors (Lipinski definition) is 1. The van der Waals surface area contributed by atoms with Crippen LogP contribution in [-0.4, -0.2) is 27.8 Å². The van der Waals surface area contributed by atoms with Crippen LogP contribution in [-0.2, 0) is 11.3 Å². The van der Waals surface area contributed by atoms with Gasteiger partial charge in [-0.3, -0.25) is 14.5 Å². The van der Waals surface area contributed by atoms with E-state index in [-0.39, 0.29) is 23.4 Å². The van der Waals surface area contributed by atoms with Gasteiger partial charge in [-0.15, -0.1) is 0 Å². The number of thioether (sulfide) groups is 1. The number of phenolic OH excluding ortho intramolecular Hbond substituents is 1. The molecule has 1 N–H and O–H groups in total. The lowest BCUT2D eigenvalue weighted by Crippen LogP contribution is -2.27. The van der Waals surface area contributed by atoms with Gasteiger partial charge in [-0.25, -0.2) is 0 Å². The van der Waals surface area contributed by atoms with Crippen LogP contribution in [0.4, 0.5) is 4.79 Å². The van der Waals surface area contributed by atoms with Crippen LogP contribution in [0.25, 0.3) is 16.8 Å². The number of halogens is 2. The first-order valence-corrected chi connectivity index (χ1v) is 11.9. The molecule has 2 amide bonds. The van der Waals surface area contributed by atoms with Gasteiger partial charge >= 0.3 is 0 Å². The van der Waals surface area contributed by atoms with Gasteiger partial charge in [0.05, 0.1) is 22.5 Å². The van der Waals surface area contributed by atoms with E-state index in [9.17, 15) is 14.7 Å². The van der Waals surface area contributed by atoms with Gasteiger partial charge in [0, 0.05) is 4.47 Å². The third-order valence-electron chi connectivity index (χ3n) is 4.84. The maximum Gasteiger partial charge on any atom is 0.293 e. The molecule has 1 fully saturated rings. The number of ether oxygens (including phenoxy) is 1. The van der Waals surface area contributed by atoms with Crippen LogP contribution in [0.3, 0.4) is 0 Å². The second-order valence-electron chi connectivity index (χ2n) is 6.78. The molecule has 0 unspecified atom stereocenters.